The lowest BCUT2D eigenvalue weighted by molar-refractivity contribution is -0.138. The minimum atomic E-state index is -4.30. The summed E-state index contributed by atoms with van der Waals surface area (Å²) < 4.78 is 39.0. The van der Waals surface area contributed by atoms with Gasteiger partial charge in [0.25, 0.3) is 0 Å². The molecule has 1 nitrogen and oxygen atoms in total. The molecular weight excluding hydrogens is 339 g/mol. The van der Waals surface area contributed by atoms with Gasteiger partial charge in [-0.05, 0) is 29.9 Å². The predicted octanol–water partition coefficient (Wildman–Crippen LogP) is 4.54. The third-order valence-corrected chi connectivity index (χ3v) is 5.15. The fraction of sp³-hybridized carbons (Fsp3) is 0.538. The van der Waals surface area contributed by atoms with Crippen molar-refractivity contribution in [2.24, 2.45) is 0 Å². The lowest BCUT2D eigenvalue weighted by Crippen LogP contribution is -2.31. The highest BCUT2D eigenvalue weighted by atomic mass is 79.9. The molecule has 1 heterocycles. The Hall–Kier alpha value is -0.360. The van der Waals surface area contributed by atoms with Crippen molar-refractivity contribution in [3.05, 3.63) is 29.3 Å². The second kappa shape index (κ2) is 5.95. The molecule has 2 rings (SSSR count). The maximum Gasteiger partial charge on any atom is 0.416 e. The number of thioether (sulfide) groups is 1. The highest BCUT2D eigenvalue weighted by Gasteiger charge is 2.34. The highest BCUT2D eigenvalue weighted by Crippen LogP contribution is 2.36. The monoisotopic (exact) mass is 353 g/mol. The van der Waals surface area contributed by atoms with Gasteiger partial charge in [0, 0.05) is 29.9 Å². The van der Waals surface area contributed by atoms with Crippen molar-refractivity contribution in [3.8, 4) is 0 Å². The molecule has 1 saturated heterocycles. The van der Waals surface area contributed by atoms with E-state index in [9.17, 15) is 13.2 Å². The zero-order valence-corrected chi connectivity index (χ0v) is 12.9. The van der Waals surface area contributed by atoms with Crippen LogP contribution in [0.1, 0.15) is 17.5 Å². The first-order valence-corrected chi connectivity index (χ1v) is 8.27. The number of anilines is 1. The molecule has 0 saturated carbocycles. The largest absolute Gasteiger partial charge is 0.416 e. The molecule has 0 bridgehead atoms. The van der Waals surface area contributed by atoms with Crippen molar-refractivity contribution in [2.75, 3.05) is 23.5 Å². The molecule has 0 N–H and O–H groups in total. The molecule has 0 amide bonds. The third kappa shape index (κ3) is 3.40. The smallest absolute Gasteiger partial charge is 0.371 e. The molecule has 0 radical (unpaired) electrons. The zero-order valence-electron chi connectivity index (χ0n) is 10.5. The summed E-state index contributed by atoms with van der Waals surface area (Å²) in [6.45, 7) is 0. The first-order valence-electron chi connectivity index (χ1n) is 6.00. The van der Waals surface area contributed by atoms with Crippen LogP contribution in [0.15, 0.2) is 18.2 Å². The van der Waals surface area contributed by atoms with Crippen LogP contribution in [0.3, 0.4) is 0 Å². The molecule has 0 spiro atoms. The van der Waals surface area contributed by atoms with Gasteiger partial charge in [0.05, 0.1) is 5.56 Å². The Morgan fingerprint density at radius 2 is 2.16 bits per heavy atom. The molecule has 106 valence electrons. The SMILES string of the molecule is CN(c1ccc(CBr)c(C(F)(F)F)c1)C1CCSC1. The minimum Gasteiger partial charge on any atom is -0.371 e. The molecule has 1 unspecified atom stereocenters. The molecule has 1 aromatic rings. The normalized spacial score (nSPS) is 19.7. The second-order valence-electron chi connectivity index (χ2n) is 4.60. The summed E-state index contributed by atoms with van der Waals surface area (Å²) in [6.07, 6.45) is -3.27. The van der Waals surface area contributed by atoms with Gasteiger partial charge in [-0.15, -0.1) is 0 Å². The number of hydrogen-bond donors (Lipinski definition) is 0. The molecule has 1 aliphatic heterocycles. The van der Waals surface area contributed by atoms with Gasteiger partial charge in [0.2, 0.25) is 0 Å². The van der Waals surface area contributed by atoms with Gasteiger partial charge in [-0.3, -0.25) is 0 Å². The Morgan fingerprint density at radius 1 is 1.42 bits per heavy atom. The average molecular weight is 354 g/mol. The highest BCUT2D eigenvalue weighted by molar-refractivity contribution is 9.08. The van der Waals surface area contributed by atoms with Gasteiger partial charge < -0.3 is 4.90 Å². The lowest BCUT2D eigenvalue weighted by atomic mass is 10.1. The quantitative estimate of drug-likeness (QED) is 0.733. The number of nitrogens with zero attached hydrogens (tertiary/aromatic N) is 1. The van der Waals surface area contributed by atoms with Crippen LogP contribution in [0.4, 0.5) is 18.9 Å². The summed E-state index contributed by atoms with van der Waals surface area (Å²) >= 11 is 4.96. The van der Waals surface area contributed by atoms with E-state index >= 15 is 0 Å². The molecule has 1 aliphatic rings. The van der Waals surface area contributed by atoms with E-state index in [1.54, 1.807) is 12.1 Å². The molecule has 0 aliphatic carbocycles. The topological polar surface area (TPSA) is 3.24 Å². The number of alkyl halides is 4. The Labute approximate surface area is 123 Å². The van der Waals surface area contributed by atoms with Gasteiger partial charge in [-0.2, -0.15) is 24.9 Å². The van der Waals surface area contributed by atoms with Crippen LogP contribution in [0.2, 0.25) is 0 Å². The van der Waals surface area contributed by atoms with Crippen LogP contribution in [0, 0.1) is 0 Å². The Kier molecular flexibility index (Phi) is 4.71. The standard InChI is InChI=1S/C13H15BrF3NS/c1-18(11-4-5-19-8-11)10-3-2-9(7-14)12(6-10)13(15,16)17/h2-3,6,11H,4-5,7-8H2,1H3. The van der Waals surface area contributed by atoms with Crippen molar-refractivity contribution in [1.82, 2.24) is 0 Å². The molecule has 19 heavy (non-hydrogen) atoms. The molecule has 1 atom stereocenters. The maximum absolute atomic E-state index is 13.0. The summed E-state index contributed by atoms with van der Waals surface area (Å²) in [7, 11) is 1.87. The van der Waals surface area contributed by atoms with Crippen LogP contribution >= 0.6 is 27.7 Å². The average Bonchev–Trinajstić information content (AvgIpc) is 2.90. The number of hydrogen-bond acceptors (Lipinski definition) is 2. The molecular formula is C13H15BrF3NS. The van der Waals surface area contributed by atoms with E-state index in [1.807, 2.05) is 23.7 Å². The Morgan fingerprint density at radius 3 is 2.68 bits per heavy atom. The second-order valence-corrected chi connectivity index (χ2v) is 6.31. The minimum absolute atomic E-state index is 0.213. The molecule has 1 aromatic carbocycles. The Balaban J connectivity index is 2.31. The van der Waals surface area contributed by atoms with Gasteiger partial charge in [-0.25, -0.2) is 0 Å². The molecule has 6 heteroatoms. The summed E-state index contributed by atoms with van der Waals surface area (Å²) in [6, 6.07) is 4.93. The molecule has 0 aromatic heterocycles. The Bertz CT molecular complexity index is 444. The van der Waals surface area contributed by atoms with Crippen LogP contribution in [0.5, 0.6) is 0 Å². The van der Waals surface area contributed by atoms with Crippen molar-refractivity contribution in [3.63, 3.8) is 0 Å². The van der Waals surface area contributed by atoms with Crippen LogP contribution in [-0.2, 0) is 11.5 Å². The van der Waals surface area contributed by atoms with E-state index in [0.717, 1.165) is 17.9 Å². The van der Waals surface area contributed by atoms with E-state index in [-0.39, 0.29) is 10.9 Å². The maximum atomic E-state index is 13.0. The van der Waals surface area contributed by atoms with Crippen molar-refractivity contribution >= 4 is 33.4 Å². The van der Waals surface area contributed by atoms with Gasteiger partial charge >= 0.3 is 6.18 Å². The fourth-order valence-corrected chi connectivity index (χ4v) is 3.96. The van der Waals surface area contributed by atoms with E-state index < -0.39 is 11.7 Å². The third-order valence-electron chi connectivity index (χ3n) is 3.40. The summed E-state index contributed by atoms with van der Waals surface area (Å²) in [5.74, 6) is 2.07. The van der Waals surface area contributed by atoms with Crippen LogP contribution in [0.25, 0.3) is 0 Å². The number of rotatable bonds is 3. The van der Waals surface area contributed by atoms with E-state index in [2.05, 4.69) is 15.9 Å². The van der Waals surface area contributed by atoms with Gasteiger partial charge in [0.15, 0.2) is 0 Å². The summed E-state index contributed by atoms with van der Waals surface area (Å²) in [4.78, 5) is 1.97. The van der Waals surface area contributed by atoms with Crippen molar-refractivity contribution in [2.45, 2.75) is 24.0 Å². The fourth-order valence-electron chi connectivity index (χ4n) is 2.20. The predicted molar refractivity (Wildman–Crippen MR) is 78.2 cm³/mol. The zero-order chi connectivity index (χ0) is 14.0. The van der Waals surface area contributed by atoms with Crippen LogP contribution in [-0.4, -0.2) is 24.6 Å². The van der Waals surface area contributed by atoms with Crippen molar-refractivity contribution in [1.29, 1.82) is 0 Å². The van der Waals surface area contributed by atoms with Crippen LogP contribution < -0.4 is 4.90 Å². The number of halogens is 4. The van der Waals surface area contributed by atoms with Gasteiger partial charge in [0.1, 0.15) is 0 Å². The van der Waals surface area contributed by atoms with Crippen molar-refractivity contribution < 1.29 is 13.2 Å². The lowest BCUT2D eigenvalue weighted by Gasteiger charge is -2.27. The van der Waals surface area contributed by atoms with E-state index in [0.29, 0.717) is 11.7 Å². The summed E-state index contributed by atoms with van der Waals surface area (Å²) in [5, 5.41) is 0.213. The first kappa shape index (κ1) is 15.0. The number of benzene rings is 1. The van der Waals surface area contributed by atoms with E-state index in [4.69, 9.17) is 0 Å². The van der Waals surface area contributed by atoms with E-state index in [1.165, 1.54) is 6.07 Å². The molecule has 1 fully saturated rings. The van der Waals surface area contributed by atoms with Gasteiger partial charge in [-0.1, -0.05) is 22.0 Å². The first-order chi connectivity index (χ1) is 8.93. The summed E-state index contributed by atoms with van der Waals surface area (Å²) in [5.41, 5.74) is 0.384.